The number of nitrogen functional groups attached to an aromatic ring is 1. The van der Waals surface area contributed by atoms with Crippen molar-refractivity contribution in [2.75, 3.05) is 12.3 Å². The smallest absolute Gasteiger partial charge is 0.224 e. The number of aromatic nitrogens is 2. The predicted octanol–water partition coefficient (Wildman–Crippen LogP) is 1.72. The van der Waals surface area contributed by atoms with Crippen LogP contribution in [0.2, 0.25) is 5.28 Å². The maximum atomic E-state index is 5.56. The summed E-state index contributed by atoms with van der Waals surface area (Å²) in [6.07, 6.45) is 4.78. The minimum Gasteiger partial charge on any atom is -0.501 e. The molecular formula is C8H10ClN3O. The van der Waals surface area contributed by atoms with Gasteiger partial charge >= 0.3 is 0 Å². The lowest BCUT2D eigenvalue weighted by atomic mass is 10.3. The van der Waals surface area contributed by atoms with Crippen LogP contribution in [-0.2, 0) is 4.74 Å². The topological polar surface area (TPSA) is 61.0 Å². The van der Waals surface area contributed by atoms with E-state index < -0.39 is 0 Å². The minimum atomic E-state index is 0.144. The Morgan fingerprint density at radius 1 is 1.69 bits per heavy atom. The van der Waals surface area contributed by atoms with Gasteiger partial charge in [-0.25, -0.2) is 9.97 Å². The zero-order valence-corrected chi connectivity index (χ0v) is 7.95. The summed E-state index contributed by atoms with van der Waals surface area (Å²) in [6, 6.07) is 0. The highest BCUT2D eigenvalue weighted by Gasteiger charge is 1.98. The monoisotopic (exact) mass is 199 g/mol. The van der Waals surface area contributed by atoms with Gasteiger partial charge in [-0.15, -0.1) is 0 Å². The summed E-state index contributed by atoms with van der Waals surface area (Å²) in [5.74, 6) is 0.343. The molecular weight excluding hydrogens is 190 g/mol. The van der Waals surface area contributed by atoms with Crippen molar-refractivity contribution in [3.05, 3.63) is 23.3 Å². The third-order valence-electron chi connectivity index (χ3n) is 1.33. The van der Waals surface area contributed by atoms with Crippen molar-refractivity contribution in [3.8, 4) is 0 Å². The molecule has 1 aromatic rings. The van der Waals surface area contributed by atoms with Crippen molar-refractivity contribution in [2.45, 2.75) is 6.92 Å². The number of halogens is 1. The van der Waals surface area contributed by atoms with Crippen molar-refractivity contribution < 1.29 is 4.74 Å². The van der Waals surface area contributed by atoms with Crippen LogP contribution >= 0.6 is 11.6 Å². The minimum absolute atomic E-state index is 0.144. The second kappa shape index (κ2) is 4.67. The van der Waals surface area contributed by atoms with E-state index in [9.17, 15) is 0 Å². The number of rotatable bonds is 3. The molecule has 0 atom stereocenters. The van der Waals surface area contributed by atoms with Gasteiger partial charge in [-0.2, -0.15) is 0 Å². The van der Waals surface area contributed by atoms with Crippen LogP contribution < -0.4 is 5.73 Å². The van der Waals surface area contributed by atoms with Gasteiger partial charge < -0.3 is 10.5 Å². The van der Waals surface area contributed by atoms with E-state index in [2.05, 4.69) is 9.97 Å². The highest BCUT2D eigenvalue weighted by molar-refractivity contribution is 6.28. The normalized spacial score (nSPS) is 10.6. The van der Waals surface area contributed by atoms with E-state index in [0.717, 1.165) is 0 Å². The van der Waals surface area contributed by atoms with Crippen molar-refractivity contribution >= 4 is 23.5 Å². The molecule has 1 heterocycles. The number of nitrogens with two attached hydrogens (primary N) is 1. The van der Waals surface area contributed by atoms with Gasteiger partial charge in [-0.05, 0) is 24.6 Å². The molecule has 1 rings (SSSR count). The molecule has 0 aromatic carbocycles. The fraction of sp³-hybridized carbons (Fsp3) is 0.250. The van der Waals surface area contributed by atoms with E-state index in [1.807, 2.05) is 6.92 Å². The van der Waals surface area contributed by atoms with E-state index >= 15 is 0 Å². The van der Waals surface area contributed by atoms with Crippen LogP contribution in [0, 0.1) is 0 Å². The quantitative estimate of drug-likeness (QED) is 0.595. The first-order chi connectivity index (χ1) is 6.24. The summed E-state index contributed by atoms with van der Waals surface area (Å²) in [6.45, 7) is 2.51. The van der Waals surface area contributed by atoms with Crippen molar-refractivity contribution in [1.82, 2.24) is 9.97 Å². The molecule has 0 fully saturated rings. The first kappa shape index (κ1) is 9.80. The molecule has 2 N–H and O–H groups in total. The summed E-state index contributed by atoms with van der Waals surface area (Å²) < 4.78 is 5.00. The van der Waals surface area contributed by atoms with Crippen LogP contribution in [0.1, 0.15) is 12.5 Å². The summed E-state index contributed by atoms with van der Waals surface area (Å²) >= 11 is 5.52. The lowest BCUT2D eigenvalue weighted by Gasteiger charge is -1.98. The molecule has 0 radical (unpaired) electrons. The Balaban J connectivity index is 2.77. The summed E-state index contributed by atoms with van der Waals surface area (Å²) in [7, 11) is 0. The molecule has 4 nitrogen and oxygen atoms in total. The number of ether oxygens (including phenoxy) is 1. The maximum absolute atomic E-state index is 5.56. The Bertz CT molecular complexity index is 314. The third-order valence-corrected chi connectivity index (χ3v) is 1.51. The van der Waals surface area contributed by atoms with Gasteiger partial charge in [0.25, 0.3) is 0 Å². The number of hydrogen-bond donors (Lipinski definition) is 1. The molecule has 0 aliphatic heterocycles. The van der Waals surface area contributed by atoms with Crippen molar-refractivity contribution in [2.24, 2.45) is 0 Å². The Kier molecular flexibility index (Phi) is 3.52. The molecule has 0 unspecified atom stereocenters. The van der Waals surface area contributed by atoms with Gasteiger partial charge in [0.2, 0.25) is 5.28 Å². The lowest BCUT2D eigenvalue weighted by Crippen LogP contribution is -1.95. The van der Waals surface area contributed by atoms with Gasteiger partial charge in [0.05, 0.1) is 12.9 Å². The molecule has 5 heteroatoms. The molecule has 0 spiro atoms. The number of hydrogen-bond acceptors (Lipinski definition) is 4. The second-order valence-corrected chi connectivity index (χ2v) is 2.58. The highest BCUT2D eigenvalue weighted by Crippen LogP contribution is 2.11. The van der Waals surface area contributed by atoms with E-state index in [1.165, 1.54) is 0 Å². The molecule has 0 saturated heterocycles. The Hall–Kier alpha value is -1.29. The van der Waals surface area contributed by atoms with Gasteiger partial charge in [-0.1, -0.05) is 0 Å². The molecule has 13 heavy (non-hydrogen) atoms. The van der Waals surface area contributed by atoms with Gasteiger partial charge in [0.15, 0.2) is 0 Å². The fourth-order valence-electron chi connectivity index (χ4n) is 0.728. The maximum Gasteiger partial charge on any atom is 0.224 e. The molecule has 0 bridgehead atoms. The van der Waals surface area contributed by atoms with E-state index in [1.54, 1.807) is 18.5 Å². The van der Waals surface area contributed by atoms with Crippen LogP contribution in [0.3, 0.4) is 0 Å². The van der Waals surface area contributed by atoms with Crippen LogP contribution in [0.4, 0.5) is 5.82 Å². The first-order valence-corrected chi connectivity index (χ1v) is 4.18. The first-order valence-electron chi connectivity index (χ1n) is 3.80. The van der Waals surface area contributed by atoms with Crippen LogP contribution in [0.25, 0.3) is 6.08 Å². The molecule has 0 amide bonds. The number of anilines is 1. The standard InChI is InChI=1S/C8H10ClN3O/c1-2-13-4-3-6-5-11-8(9)12-7(6)10/h3-5H,2H2,1H3,(H2,10,11,12)/b4-3-. The van der Waals surface area contributed by atoms with Gasteiger partial charge in [0.1, 0.15) is 5.82 Å². The zero-order chi connectivity index (χ0) is 9.68. The summed E-state index contributed by atoms with van der Waals surface area (Å²) in [4.78, 5) is 7.56. The SMILES string of the molecule is CCO/C=C\c1cnc(Cl)nc1N. The fourth-order valence-corrected chi connectivity index (χ4v) is 0.868. The molecule has 1 aromatic heterocycles. The van der Waals surface area contributed by atoms with Gasteiger partial charge in [0, 0.05) is 11.8 Å². The summed E-state index contributed by atoms with van der Waals surface area (Å²) in [5.41, 5.74) is 6.25. The van der Waals surface area contributed by atoms with Crippen LogP contribution in [-0.4, -0.2) is 16.6 Å². The number of nitrogens with zero attached hydrogens (tertiary/aromatic N) is 2. The average Bonchev–Trinajstić information content (AvgIpc) is 2.09. The Morgan fingerprint density at radius 2 is 2.46 bits per heavy atom. The molecule has 0 aliphatic rings. The average molecular weight is 200 g/mol. The van der Waals surface area contributed by atoms with Crippen LogP contribution in [0.15, 0.2) is 12.5 Å². The van der Waals surface area contributed by atoms with Crippen LogP contribution in [0.5, 0.6) is 0 Å². The highest BCUT2D eigenvalue weighted by atomic mass is 35.5. The van der Waals surface area contributed by atoms with Crippen molar-refractivity contribution in [1.29, 1.82) is 0 Å². The van der Waals surface area contributed by atoms with E-state index in [-0.39, 0.29) is 5.28 Å². The molecule has 70 valence electrons. The van der Waals surface area contributed by atoms with E-state index in [4.69, 9.17) is 22.1 Å². The van der Waals surface area contributed by atoms with Crippen molar-refractivity contribution in [3.63, 3.8) is 0 Å². The molecule has 0 aliphatic carbocycles. The predicted molar refractivity (Wildman–Crippen MR) is 52.1 cm³/mol. The zero-order valence-electron chi connectivity index (χ0n) is 7.20. The van der Waals surface area contributed by atoms with Gasteiger partial charge in [-0.3, -0.25) is 0 Å². The van der Waals surface area contributed by atoms with E-state index in [0.29, 0.717) is 18.0 Å². The summed E-state index contributed by atoms with van der Waals surface area (Å²) in [5, 5.41) is 0.144. The largest absolute Gasteiger partial charge is 0.501 e. The third kappa shape index (κ3) is 2.91. The lowest BCUT2D eigenvalue weighted by molar-refractivity contribution is 0.272. The Morgan fingerprint density at radius 3 is 3.08 bits per heavy atom. The Labute approximate surface area is 81.4 Å². The molecule has 0 saturated carbocycles. The second-order valence-electron chi connectivity index (χ2n) is 2.24.